The maximum Gasteiger partial charge on any atom is 0.315 e. The highest BCUT2D eigenvalue weighted by atomic mass is 16.4. The Kier molecular flexibility index (Phi) is 2.42. The molecule has 0 saturated heterocycles. The number of carbonyl (C=O) groups is 1. The van der Waals surface area contributed by atoms with Gasteiger partial charge in [-0.2, -0.15) is 0 Å². The molecule has 0 aromatic carbocycles. The largest absolute Gasteiger partial charge is 0.481 e. The predicted molar refractivity (Wildman–Crippen MR) is 54.6 cm³/mol. The van der Waals surface area contributed by atoms with Gasteiger partial charge in [-0.1, -0.05) is 13.3 Å². The Morgan fingerprint density at radius 2 is 2.33 bits per heavy atom. The molecule has 1 aliphatic rings. The standard InChI is InChI=1S/C11H14N2O2/c1-2-9-12-7-4-8(13-9)11(10(14)15)5-3-6-11/h4,7H,2-3,5-6H2,1H3,(H,14,15). The van der Waals surface area contributed by atoms with Crippen LogP contribution in [0.4, 0.5) is 0 Å². The van der Waals surface area contributed by atoms with Crippen LogP contribution in [0.15, 0.2) is 12.3 Å². The molecule has 0 aliphatic heterocycles. The van der Waals surface area contributed by atoms with Gasteiger partial charge in [0.2, 0.25) is 0 Å². The van der Waals surface area contributed by atoms with E-state index >= 15 is 0 Å². The summed E-state index contributed by atoms with van der Waals surface area (Å²) in [5.74, 6) is -0.0328. The summed E-state index contributed by atoms with van der Waals surface area (Å²) in [5, 5.41) is 9.24. The van der Waals surface area contributed by atoms with Crippen LogP contribution in [-0.2, 0) is 16.6 Å². The number of carboxylic acid groups (broad SMARTS) is 1. The number of hydrogen-bond acceptors (Lipinski definition) is 3. The molecule has 1 aromatic heterocycles. The first-order chi connectivity index (χ1) is 7.19. The van der Waals surface area contributed by atoms with Crippen LogP contribution in [0.5, 0.6) is 0 Å². The zero-order valence-electron chi connectivity index (χ0n) is 8.73. The van der Waals surface area contributed by atoms with Crippen molar-refractivity contribution < 1.29 is 9.90 Å². The molecule has 0 amide bonds. The van der Waals surface area contributed by atoms with Crippen LogP contribution in [0.2, 0.25) is 0 Å². The zero-order valence-corrected chi connectivity index (χ0v) is 8.73. The van der Waals surface area contributed by atoms with Gasteiger partial charge in [-0.05, 0) is 18.9 Å². The fourth-order valence-corrected chi connectivity index (χ4v) is 1.95. The van der Waals surface area contributed by atoms with E-state index in [0.717, 1.165) is 18.7 Å². The quantitative estimate of drug-likeness (QED) is 0.814. The molecule has 1 aliphatic carbocycles. The van der Waals surface area contributed by atoms with Crippen molar-refractivity contribution in [1.82, 2.24) is 9.97 Å². The minimum Gasteiger partial charge on any atom is -0.481 e. The summed E-state index contributed by atoms with van der Waals surface area (Å²) in [4.78, 5) is 19.6. The average Bonchev–Trinajstić information content (AvgIpc) is 2.16. The minimum atomic E-state index is -0.755. The monoisotopic (exact) mass is 206 g/mol. The summed E-state index contributed by atoms with van der Waals surface area (Å²) in [5.41, 5.74) is -0.0551. The number of nitrogens with zero attached hydrogens (tertiary/aromatic N) is 2. The second kappa shape index (κ2) is 3.61. The minimum absolute atomic E-state index is 0.674. The molecule has 0 bridgehead atoms. The van der Waals surface area contributed by atoms with E-state index in [0.29, 0.717) is 18.5 Å². The molecule has 2 rings (SSSR count). The summed E-state index contributed by atoms with van der Waals surface area (Å²) in [7, 11) is 0. The van der Waals surface area contributed by atoms with E-state index in [1.54, 1.807) is 12.3 Å². The molecule has 1 aromatic rings. The lowest BCUT2D eigenvalue weighted by molar-refractivity contribution is -0.147. The summed E-state index contributed by atoms with van der Waals surface area (Å²) >= 11 is 0. The van der Waals surface area contributed by atoms with Crippen molar-refractivity contribution in [3.8, 4) is 0 Å². The van der Waals surface area contributed by atoms with Gasteiger partial charge in [0.25, 0.3) is 0 Å². The number of aliphatic carboxylic acids is 1. The van der Waals surface area contributed by atoms with Crippen molar-refractivity contribution in [3.63, 3.8) is 0 Å². The molecule has 4 heteroatoms. The van der Waals surface area contributed by atoms with Gasteiger partial charge in [-0.25, -0.2) is 9.97 Å². The van der Waals surface area contributed by atoms with Crippen LogP contribution in [0.1, 0.15) is 37.7 Å². The number of hydrogen-bond donors (Lipinski definition) is 1. The Hall–Kier alpha value is -1.45. The van der Waals surface area contributed by atoms with Crippen LogP contribution in [0, 0.1) is 0 Å². The van der Waals surface area contributed by atoms with Crippen molar-refractivity contribution in [3.05, 3.63) is 23.8 Å². The molecule has 0 spiro atoms. The van der Waals surface area contributed by atoms with Crippen molar-refractivity contribution in [2.45, 2.75) is 38.0 Å². The van der Waals surface area contributed by atoms with Gasteiger partial charge in [0.1, 0.15) is 11.2 Å². The van der Waals surface area contributed by atoms with Crippen molar-refractivity contribution in [1.29, 1.82) is 0 Å². The molecule has 0 unspecified atom stereocenters. The molecule has 1 fully saturated rings. The normalized spacial score (nSPS) is 18.2. The van der Waals surface area contributed by atoms with E-state index in [4.69, 9.17) is 0 Å². The Bertz CT molecular complexity index is 386. The Labute approximate surface area is 88.4 Å². The average molecular weight is 206 g/mol. The fraction of sp³-hybridized carbons (Fsp3) is 0.545. The molecular formula is C11H14N2O2. The van der Waals surface area contributed by atoms with Crippen molar-refractivity contribution in [2.75, 3.05) is 0 Å². The molecule has 15 heavy (non-hydrogen) atoms. The van der Waals surface area contributed by atoms with Gasteiger partial charge in [0.15, 0.2) is 0 Å². The highest BCUT2D eigenvalue weighted by molar-refractivity contribution is 5.81. The van der Waals surface area contributed by atoms with Gasteiger partial charge in [0, 0.05) is 12.6 Å². The number of rotatable bonds is 3. The van der Waals surface area contributed by atoms with E-state index in [-0.39, 0.29) is 0 Å². The highest BCUT2D eigenvalue weighted by Crippen LogP contribution is 2.42. The summed E-state index contributed by atoms with van der Waals surface area (Å²) in [6.07, 6.45) is 4.76. The summed E-state index contributed by atoms with van der Waals surface area (Å²) in [6.45, 7) is 1.97. The Morgan fingerprint density at radius 3 is 2.80 bits per heavy atom. The lowest BCUT2D eigenvalue weighted by Gasteiger charge is -2.36. The summed E-state index contributed by atoms with van der Waals surface area (Å²) in [6, 6.07) is 1.73. The topological polar surface area (TPSA) is 63.1 Å². The van der Waals surface area contributed by atoms with Crippen LogP contribution in [0.3, 0.4) is 0 Å². The third kappa shape index (κ3) is 1.50. The van der Waals surface area contributed by atoms with Gasteiger partial charge in [0.05, 0.1) is 5.69 Å². The third-order valence-corrected chi connectivity index (χ3v) is 3.13. The van der Waals surface area contributed by atoms with Gasteiger partial charge < -0.3 is 5.11 Å². The third-order valence-electron chi connectivity index (χ3n) is 3.13. The summed E-state index contributed by atoms with van der Waals surface area (Å²) < 4.78 is 0. The predicted octanol–water partition coefficient (Wildman–Crippen LogP) is 1.55. The maximum atomic E-state index is 11.2. The molecular weight excluding hydrogens is 192 g/mol. The molecule has 1 N–H and O–H groups in total. The first-order valence-electron chi connectivity index (χ1n) is 5.25. The van der Waals surface area contributed by atoms with E-state index < -0.39 is 11.4 Å². The number of aryl methyl sites for hydroxylation is 1. The fourth-order valence-electron chi connectivity index (χ4n) is 1.95. The van der Waals surface area contributed by atoms with Gasteiger partial charge >= 0.3 is 5.97 Å². The van der Waals surface area contributed by atoms with Crippen LogP contribution in [0.25, 0.3) is 0 Å². The molecule has 80 valence electrons. The van der Waals surface area contributed by atoms with E-state index in [2.05, 4.69) is 9.97 Å². The maximum absolute atomic E-state index is 11.2. The van der Waals surface area contributed by atoms with Crippen molar-refractivity contribution >= 4 is 5.97 Å². The zero-order chi connectivity index (χ0) is 10.9. The first kappa shape index (κ1) is 10.1. The van der Waals surface area contributed by atoms with Crippen molar-refractivity contribution in [2.24, 2.45) is 0 Å². The lowest BCUT2D eigenvalue weighted by atomic mass is 9.66. The SMILES string of the molecule is CCc1nccc(C2(C(=O)O)CCC2)n1. The molecule has 1 saturated carbocycles. The van der Waals surface area contributed by atoms with Gasteiger partial charge in [-0.15, -0.1) is 0 Å². The smallest absolute Gasteiger partial charge is 0.315 e. The molecule has 0 atom stereocenters. The Morgan fingerprint density at radius 1 is 1.60 bits per heavy atom. The first-order valence-corrected chi connectivity index (χ1v) is 5.25. The van der Waals surface area contributed by atoms with Gasteiger partial charge in [-0.3, -0.25) is 4.79 Å². The molecule has 0 radical (unpaired) electrons. The van der Waals surface area contributed by atoms with E-state index in [1.807, 2.05) is 6.92 Å². The van der Waals surface area contributed by atoms with Crippen LogP contribution in [-0.4, -0.2) is 21.0 Å². The molecule has 4 nitrogen and oxygen atoms in total. The lowest BCUT2D eigenvalue weighted by Crippen LogP contribution is -2.43. The molecule has 1 heterocycles. The highest BCUT2D eigenvalue weighted by Gasteiger charge is 2.47. The number of carboxylic acids is 1. The van der Waals surface area contributed by atoms with E-state index in [9.17, 15) is 9.90 Å². The van der Waals surface area contributed by atoms with Crippen LogP contribution >= 0.6 is 0 Å². The number of aromatic nitrogens is 2. The van der Waals surface area contributed by atoms with E-state index in [1.165, 1.54) is 0 Å². The second-order valence-electron chi connectivity index (χ2n) is 3.95. The Balaban J connectivity index is 2.38. The second-order valence-corrected chi connectivity index (χ2v) is 3.95. The van der Waals surface area contributed by atoms with Crippen LogP contribution < -0.4 is 0 Å².